The Kier molecular flexibility index (Phi) is 10.3. The minimum atomic E-state index is -4.95. The number of carbonyl (C=O) groups is 2. The lowest BCUT2D eigenvalue weighted by molar-refractivity contribution is -0.274. The largest absolute Gasteiger partial charge is 0.573 e. The summed E-state index contributed by atoms with van der Waals surface area (Å²) in [5.74, 6) is -1.45. The van der Waals surface area contributed by atoms with Crippen molar-refractivity contribution in [3.63, 3.8) is 0 Å². The van der Waals surface area contributed by atoms with Gasteiger partial charge in [0.15, 0.2) is 6.10 Å². The molecule has 0 radical (unpaired) electrons. The van der Waals surface area contributed by atoms with Crippen molar-refractivity contribution < 1.29 is 50.2 Å². The fraction of sp³-hybridized carbons (Fsp3) is 0.333. The maximum absolute atomic E-state index is 13.9. The molecule has 4 aromatic rings. The summed E-state index contributed by atoms with van der Waals surface area (Å²) < 4.78 is 81.6. The van der Waals surface area contributed by atoms with E-state index in [2.05, 4.69) is 10.1 Å². The molecule has 3 aromatic carbocycles. The number of nitrogens with zero attached hydrogens (tertiary/aromatic N) is 2. The Balaban J connectivity index is 1.35. The number of rotatable bonds is 13. The zero-order valence-electron chi connectivity index (χ0n) is 26.0. The summed E-state index contributed by atoms with van der Waals surface area (Å²) in [6.45, 7) is 3.04. The van der Waals surface area contributed by atoms with Crippen LogP contribution in [0.4, 0.5) is 23.7 Å². The number of fused-ring (bicyclic) bond motifs is 1. The highest BCUT2D eigenvalue weighted by molar-refractivity contribution is 7.89. The maximum Gasteiger partial charge on any atom is 0.573 e. The van der Waals surface area contributed by atoms with E-state index in [0.29, 0.717) is 11.0 Å². The lowest BCUT2D eigenvalue weighted by atomic mass is 10.0. The fourth-order valence-electron chi connectivity index (χ4n) is 5.35. The molecule has 0 unspecified atom stereocenters. The number of amides is 2. The predicted molar refractivity (Wildman–Crippen MR) is 169 cm³/mol. The summed E-state index contributed by atoms with van der Waals surface area (Å²) >= 11 is 0. The van der Waals surface area contributed by atoms with Gasteiger partial charge >= 0.3 is 12.5 Å². The minimum absolute atomic E-state index is 0.00978. The van der Waals surface area contributed by atoms with Crippen LogP contribution in [-0.2, 0) is 26.0 Å². The summed E-state index contributed by atoms with van der Waals surface area (Å²) in [6.07, 6.45) is -7.15. The molecule has 0 spiro atoms. The Morgan fingerprint density at radius 3 is 2.52 bits per heavy atom. The summed E-state index contributed by atoms with van der Waals surface area (Å²) in [4.78, 5) is 27.2. The molecule has 5 rings (SSSR count). The van der Waals surface area contributed by atoms with Gasteiger partial charge in [-0.1, -0.05) is 50.2 Å². The van der Waals surface area contributed by atoms with Crippen LogP contribution in [0, 0.1) is 5.92 Å². The number of hydrogen-bond acceptors (Lipinski definition) is 8. The maximum atomic E-state index is 13.9. The Bertz CT molecular complexity index is 1850. The number of cyclic esters (lactones) is 1. The minimum Gasteiger partial charge on any atom is -0.464 e. The first kappa shape index (κ1) is 34.7. The van der Waals surface area contributed by atoms with Gasteiger partial charge in [0.1, 0.15) is 11.3 Å². The second kappa shape index (κ2) is 14.3. The SMILES string of the molecule is CC(C)CN(C[C@@H](O)[C@H](Cc1ccccc1)NC(=O)[C@@H]1CN(c2cccc(OC(F)(F)F)c2)C(=O)O1)S(=O)(=O)c1ccc2occc2c1. The number of alkyl halides is 3. The van der Waals surface area contributed by atoms with Crippen molar-refractivity contribution in [2.24, 2.45) is 5.92 Å². The first-order valence-electron chi connectivity index (χ1n) is 15.0. The Morgan fingerprint density at radius 1 is 1.06 bits per heavy atom. The molecule has 2 amide bonds. The Labute approximate surface area is 274 Å². The molecule has 1 fully saturated rings. The summed E-state index contributed by atoms with van der Waals surface area (Å²) in [6, 6.07) is 18.7. The molecule has 1 aliphatic heterocycles. The number of carbonyl (C=O) groups excluding carboxylic acids is 2. The number of nitrogens with one attached hydrogen (secondary N) is 1. The van der Waals surface area contributed by atoms with Crippen LogP contribution in [0.2, 0.25) is 0 Å². The second-order valence-electron chi connectivity index (χ2n) is 11.7. The van der Waals surface area contributed by atoms with Crippen molar-refractivity contribution in [3.05, 3.63) is 90.7 Å². The number of aliphatic hydroxyl groups excluding tert-OH is 1. The van der Waals surface area contributed by atoms with Gasteiger partial charge in [-0.25, -0.2) is 13.2 Å². The van der Waals surface area contributed by atoms with Crippen molar-refractivity contribution in [2.75, 3.05) is 24.5 Å². The molecule has 1 saturated heterocycles. The molecule has 0 bridgehead atoms. The van der Waals surface area contributed by atoms with E-state index < -0.39 is 52.4 Å². The van der Waals surface area contributed by atoms with Crippen molar-refractivity contribution in [1.29, 1.82) is 0 Å². The molecule has 0 saturated carbocycles. The van der Waals surface area contributed by atoms with Gasteiger partial charge in [-0.3, -0.25) is 9.69 Å². The number of sulfonamides is 1. The lowest BCUT2D eigenvalue weighted by Gasteiger charge is -2.31. The van der Waals surface area contributed by atoms with Gasteiger partial charge < -0.3 is 24.3 Å². The lowest BCUT2D eigenvalue weighted by Crippen LogP contribution is -2.53. The first-order chi connectivity index (χ1) is 22.7. The quantitative estimate of drug-likeness (QED) is 0.198. The van der Waals surface area contributed by atoms with Crippen LogP contribution >= 0.6 is 0 Å². The first-order valence-corrected chi connectivity index (χ1v) is 16.5. The molecule has 2 heterocycles. The van der Waals surface area contributed by atoms with E-state index in [1.807, 2.05) is 13.8 Å². The van der Waals surface area contributed by atoms with E-state index in [0.717, 1.165) is 22.6 Å². The molecule has 1 aliphatic rings. The van der Waals surface area contributed by atoms with E-state index in [4.69, 9.17) is 9.15 Å². The van der Waals surface area contributed by atoms with Gasteiger partial charge in [0.25, 0.3) is 5.91 Å². The van der Waals surface area contributed by atoms with Gasteiger partial charge in [-0.05, 0) is 54.3 Å². The third kappa shape index (κ3) is 8.45. The summed E-state index contributed by atoms with van der Waals surface area (Å²) in [7, 11) is -4.11. The highest BCUT2D eigenvalue weighted by Gasteiger charge is 2.40. The molecule has 256 valence electrons. The third-order valence-electron chi connectivity index (χ3n) is 7.58. The van der Waals surface area contributed by atoms with E-state index in [-0.39, 0.29) is 42.6 Å². The van der Waals surface area contributed by atoms with Crippen LogP contribution in [0.5, 0.6) is 5.75 Å². The van der Waals surface area contributed by atoms with Crippen LogP contribution in [0.15, 0.2) is 94.4 Å². The van der Waals surface area contributed by atoms with Crippen LogP contribution in [0.1, 0.15) is 19.4 Å². The number of anilines is 1. The third-order valence-corrected chi connectivity index (χ3v) is 9.41. The zero-order valence-corrected chi connectivity index (χ0v) is 26.8. The van der Waals surface area contributed by atoms with Crippen molar-refractivity contribution >= 4 is 38.7 Å². The highest BCUT2D eigenvalue weighted by Crippen LogP contribution is 2.29. The van der Waals surface area contributed by atoms with Crippen molar-refractivity contribution in [3.8, 4) is 5.75 Å². The molecule has 11 nitrogen and oxygen atoms in total. The monoisotopic (exact) mass is 689 g/mol. The molecule has 2 N–H and O–H groups in total. The van der Waals surface area contributed by atoms with E-state index in [1.165, 1.54) is 34.8 Å². The van der Waals surface area contributed by atoms with Crippen LogP contribution in [0.3, 0.4) is 0 Å². The molecular formula is C33H34F3N3O8S. The Hall–Kier alpha value is -4.60. The summed E-state index contributed by atoms with van der Waals surface area (Å²) in [5.41, 5.74) is 1.27. The van der Waals surface area contributed by atoms with Gasteiger partial charge in [-0.15, -0.1) is 13.2 Å². The van der Waals surface area contributed by atoms with Crippen LogP contribution < -0.4 is 15.0 Å². The average Bonchev–Trinajstić information content (AvgIpc) is 3.66. The van der Waals surface area contributed by atoms with Crippen LogP contribution in [-0.4, -0.2) is 74.1 Å². The van der Waals surface area contributed by atoms with E-state index in [1.54, 1.807) is 42.5 Å². The highest BCUT2D eigenvalue weighted by atomic mass is 32.2. The number of ether oxygens (including phenoxy) is 2. The predicted octanol–water partition coefficient (Wildman–Crippen LogP) is 5.09. The molecule has 1 aromatic heterocycles. The number of furan rings is 1. The summed E-state index contributed by atoms with van der Waals surface area (Å²) in [5, 5.41) is 14.8. The van der Waals surface area contributed by atoms with E-state index in [9.17, 15) is 36.3 Å². The fourth-order valence-corrected chi connectivity index (χ4v) is 7.01. The van der Waals surface area contributed by atoms with Gasteiger partial charge in [-0.2, -0.15) is 4.31 Å². The number of aliphatic hydroxyl groups is 1. The van der Waals surface area contributed by atoms with Crippen molar-refractivity contribution in [2.45, 2.75) is 49.8 Å². The number of benzene rings is 3. The molecule has 15 heteroatoms. The molecular weight excluding hydrogens is 655 g/mol. The topological polar surface area (TPSA) is 139 Å². The Morgan fingerprint density at radius 2 is 1.81 bits per heavy atom. The van der Waals surface area contributed by atoms with Crippen LogP contribution in [0.25, 0.3) is 11.0 Å². The average molecular weight is 690 g/mol. The van der Waals surface area contributed by atoms with Gasteiger partial charge in [0.05, 0.1) is 35.5 Å². The zero-order chi connectivity index (χ0) is 34.6. The number of halogens is 3. The standard InChI is InChI=1S/C33H34F3N3O8S/c1-21(2)18-38(48(43,44)26-11-12-29-23(16-26)13-14-45-29)19-28(40)27(15-22-7-4-3-5-8-22)37-31(41)30-20-39(32(42)46-30)24-9-6-10-25(17-24)47-33(34,35)36/h3-14,16-17,21,27-28,30,40H,15,18-20H2,1-2H3,(H,37,41)/t27-,28+,30-/m0/s1. The van der Waals surface area contributed by atoms with Crippen molar-refractivity contribution in [1.82, 2.24) is 9.62 Å². The molecule has 0 aliphatic carbocycles. The van der Waals surface area contributed by atoms with Gasteiger partial charge in [0.2, 0.25) is 10.0 Å². The molecule has 48 heavy (non-hydrogen) atoms. The van der Waals surface area contributed by atoms with Gasteiger partial charge in [0, 0.05) is 24.5 Å². The molecule has 3 atom stereocenters. The smallest absolute Gasteiger partial charge is 0.464 e. The second-order valence-corrected chi connectivity index (χ2v) is 13.7. The number of hydrogen-bond donors (Lipinski definition) is 2. The van der Waals surface area contributed by atoms with E-state index >= 15 is 0 Å². The normalized spacial score (nSPS) is 16.7.